The molecule has 6 nitrogen and oxygen atoms in total. The molecule has 1 aliphatic heterocycles. The Bertz CT molecular complexity index is 975. The van der Waals surface area contributed by atoms with Crippen LogP contribution in [0.3, 0.4) is 0 Å². The average molecular weight is 483 g/mol. The van der Waals surface area contributed by atoms with E-state index >= 15 is 0 Å². The van der Waals surface area contributed by atoms with E-state index in [0.29, 0.717) is 11.8 Å². The number of hydrogen-bond donors (Lipinski definition) is 0. The van der Waals surface area contributed by atoms with Crippen LogP contribution in [0, 0.1) is 13.8 Å². The summed E-state index contributed by atoms with van der Waals surface area (Å²) in [5.41, 5.74) is 2.10. The molecule has 1 unspecified atom stereocenters. The van der Waals surface area contributed by atoms with Gasteiger partial charge in [-0.05, 0) is 72.6 Å². The molecule has 0 aromatic heterocycles. The van der Waals surface area contributed by atoms with Crippen molar-refractivity contribution >= 4 is 12.0 Å². The highest BCUT2D eigenvalue weighted by atomic mass is 16.6. The Kier molecular flexibility index (Phi) is 9.36. The molecule has 0 bridgehead atoms. The number of aryl methyl sites for hydroxylation is 2. The number of nitrogens with zero attached hydrogens (tertiary/aromatic N) is 2. The van der Waals surface area contributed by atoms with E-state index < -0.39 is 11.2 Å². The van der Waals surface area contributed by atoms with Gasteiger partial charge in [0.2, 0.25) is 0 Å². The molecule has 3 rings (SSSR count). The molecule has 1 heterocycles. The molecule has 1 saturated heterocycles. The number of hydrogen-bond acceptors (Lipinski definition) is 4. The van der Waals surface area contributed by atoms with Crippen molar-refractivity contribution < 1.29 is 19.1 Å². The summed E-state index contributed by atoms with van der Waals surface area (Å²) in [5.74, 6) is 0.298. The number of ether oxygens (including phenoxy) is 2. The summed E-state index contributed by atoms with van der Waals surface area (Å²) in [6.07, 6.45) is 1.02. The first-order valence-electron chi connectivity index (χ1n) is 12.3. The molecule has 2 aromatic carbocycles. The van der Waals surface area contributed by atoms with Gasteiger partial charge in [-0.2, -0.15) is 0 Å². The van der Waals surface area contributed by atoms with Gasteiger partial charge in [-0.1, -0.05) is 54.4 Å². The largest absolute Gasteiger partial charge is 0.476 e. The maximum Gasteiger partial charge on any atom is 0.350 e. The third kappa shape index (κ3) is 8.61. The second-order valence-corrected chi connectivity index (χ2v) is 10.7. The predicted octanol–water partition coefficient (Wildman–Crippen LogP) is 6.14. The summed E-state index contributed by atoms with van der Waals surface area (Å²) in [7, 11) is 1.89. The molecule has 0 spiro atoms. The SMILES string of the molecule is CCC1CN(Cc2ccc(C)cc2)C(=O)N1C.Cc1ccc(OC(C)(C)C(=O)OC(C)(C)C)cc1. The van der Waals surface area contributed by atoms with Crippen molar-refractivity contribution in [3.05, 3.63) is 65.2 Å². The lowest BCUT2D eigenvalue weighted by atomic mass is 10.1. The average Bonchev–Trinajstić information content (AvgIpc) is 3.04. The Morgan fingerprint density at radius 2 is 1.46 bits per heavy atom. The normalized spacial score (nSPS) is 16.0. The molecular formula is C29H42N2O4. The van der Waals surface area contributed by atoms with Crippen molar-refractivity contribution in [2.24, 2.45) is 0 Å². The summed E-state index contributed by atoms with van der Waals surface area (Å²) in [6, 6.07) is 16.5. The molecule has 192 valence electrons. The van der Waals surface area contributed by atoms with Gasteiger partial charge in [0.05, 0.1) is 6.04 Å². The lowest BCUT2D eigenvalue weighted by Gasteiger charge is -2.29. The van der Waals surface area contributed by atoms with Gasteiger partial charge in [0.15, 0.2) is 5.60 Å². The van der Waals surface area contributed by atoms with E-state index in [4.69, 9.17) is 9.47 Å². The van der Waals surface area contributed by atoms with E-state index in [2.05, 4.69) is 38.1 Å². The van der Waals surface area contributed by atoms with Gasteiger partial charge in [0.1, 0.15) is 11.4 Å². The molecule has 2 aromatic rings. The Hall–Kier alpha value is -3.02. The zero-order valence-electron chi connectivity index (χ0n) is 22.8. The number of carbonyl (C=O) groups is 2. The van der Waals surface area contributed by atoms with Gasteiger partial charge in [-0.25, -0.2) is 9.59 Å². The number of benzene rings is 2. The van der Waals surface area contributed by atoms with Crippen molar-refractivity contribution in [3.63, 3.8) is 0 Å². The highest BCUT2D eigenvalue weighted by molar-refractivity contribution is 5.79. The van der Waals surface area contributed by atoms with Crippen LogP contribution in [0.2, 0.25) is 0 Å². The van der Waals surface area contributed by atoms with Gasteiger partial charge in [-0.3, -0.25) is 0 Å². The minimum absolute atomic E-state index is 0.150. The predicted molar refractivity (Wildman–Crippen MR) is 141 cm³/mol. The molecule has 0 saturated carbocycles. The number of rotatable bonds is 6. The van der Waals surface area contributed by atoms with Crippen LogP contribution in [-0.4, -0.2) is 52.6 Å². The summed E-state index contributed by atoms with van der Waals surface area (Å²) < 4.78 is 11.0. The lowest BCUT2D eigenvalue weighted by Crippen LogP contribution is -2.43. The van der Waals surface area contributed by atoms with E-state index in [-0.39, 0.29) is 12.0 Å². The van der Waals surface area contributed by atoms with Crippen LogP contribution in [0.15, 0.2) is 48.5 Å². The van der Waals surface area contributed by atoms with E-state index in [0.717, 1.165) is 25.1 Å². The number of carbonyl (C=O) groups excluding carboxylic acids is 2. The summed E-state index contributed by atoms with van der Waals surface area (Å²) in [5, 5.41) is 0. The van der Waals surface area contributed by atoms with Crippen molar-refractivity contribution in [1.82, 2.24) is 9.80 Å². The fourth-order valence-electron chi connectivity index (χ4n) is 3.63. The van der Waals surface area contributed by atoms with Gasteiger partial charge in [0.25, 0.3) is 0 Å². The lowest BCUT2D eigenvalue weighted by molar-refractivity contribution is -0.170. The van der Waals surface area contributed by atoms with Crippen LogP contribution >= 0.6 is 0 Å². The molecule has 0 N–H and O–H groups in total. The third-order valence-electron chi connectivity index (χ3n) is 5.80. The molecule has 1 aliphatic rings. The number of amides is 2. The summed E-state index contributed by atoms with van der Waals surface area (Å²) >= 11 is 0. The fourth-order valence-corrected chi connectivity index (χ4v) is 3.63. The van der Waals surface area contributed by atoms with E-state index in [1.54, 1.807) is 13.8 Å². The molecule has 1 fully saturated rings. The molecule has 0 radical (unpaired) electrons. The molecule has 35 heavy (non-hydrogen) atoms. The Morgan fingerprint density at radius 1 is 0.943 bits per heavy atom. The van der Waals surface area contributed by atoms with Gasteiger partial charge >= 0.3 is 12.0 Å². The van der Waals surface area contributed by atoms with Crippen molar-refractivity contribution in [3.8, 4) is 5.75 Å². The highest BCUT2D eigenvalue weighted by Gasteiger charge is 2.35. The minimum atomic E-state index is -0.997. The van der Waals surface area contributed by atoms with Crippen molar-refractivity contribution in [2.75, 3.05) is 13.6 Å². The second kappa shape index (κ2) is 11.6. The highest BCUT2D eigenvalue weighted by Crippen LogP contribution is 2.22. The summed E-state index contributed by atoms with van der Waals surface area (Å²) in [6.45, 7) is 16.7. The van der Waals surface area contributed by atoms with Gasteiger partial charge < -0.3 is 19.3 Å². The number of likely N-dealkylation sites (N-methyl/N-ethyl adjacent to an activating group) is 1. The number of urea groups is 1. The third-order valence-corrected chi connectivity index (χ3v) is 5.80. The molecule has 6 heteroatoms. The molecular weight excluding hydrogens is 440 g/mol. The Balaban J connectivity index is 0.000000247. The molecule has 0 aliphatic carbocycles. The first kappa shape index (κ1) is 28.2. The first-order valence-corrected chi connectivity index (χ1v) is 12.3. The quantitative estimate of drug-likeness (QED) is 0.464. The van der Waals surface area contributed by atoms with Crippen LogP contribution < -0.4 is 4.74 Å². The molecule has 1 atom stereocenters. The van der Waals surface area contributed by atoms with Crippen LogP contribution in [0.5, 0.6) is 5.75 Å². The van der Waals surface area contributed by atoms with Gasteiger partial charge in [0, 0.05) is 20.1 Å². The smallest absolute Gasteiger partial charge is 0.350 e. The van der Waals surface area contributed by atoms with E-state index in [1.807, 2.05) is 68.8 Å². The first-order chi connectivity index (χ1) is 16.2. The maximum absolute atomic E-state index is 12.0. The monoisotopic (exact) mass is 482 g/mol. The van der Waals surface area contributed by atoms with E-state index in [9.17, 15) is 9.59 Å². The fraction of sp³-hybridized carbons (Fsp3) is 0.517. The van der Waals surface area contributed by atoms with Crippen LogP contribution in [-0.2, 0) is 16.1 Å². The molecule has 2 amide bonds. The van der Waals surface area contributed by atoms with Crippen molar-refractivity contribution in [2.45, 2.75) is 85.6 Å². The number of esters is 1. The topological polar surface area (TPSA) is 59.1 Å². The van der Waals surface area contributed by atoms with Crippen LogP contribution in [0.4, 0.5) is 4.79 Å². The summed E-state index contributed by atoms with van der Waals surface area (Å²) in [4.78, 5) is 27.8. The zero-order valence-corrected chi connectivity index (χ0v) is 22.8. The Morgan fingerprint density at radius 3 is 1.91 bits per heavy atom. The maximum atomic E-state index is 12.0. The van der Waals surface area contributed by atoms with Crippen LogP contribution in [0.1, 0.15) is 64.7 Å². The minimum Gasteiger partial charge on any atom is -0.476 e. The standard InChI is InChI=1S/C15H22O3.C14H20N2O/c1-11-7-9-12(10-8-11)17-15(5,6)13(16)18-14(2,3)4;1-4-13-10-16(14(17)15(13)3)9-12-7-5-11(2)6-8-12/h7-10H,1-6H3;5-8,13H,4,9-10H2,1-3H3. The van der Waals surface area contributed by atoms with Crippen LogP contribution in [0.25, 0.3) is 0 Å². The van der Waals surface area contributed by atoms with Gasteiger partial charge in [-0.15, -0.1) is 0 Å². The van der Waals surface area contributed by atoms with Crippen molar-refractivity contribution in [1.29, 1.82) is 0 Å². The van der Waals surface area contributed by atoms with E-state index in [1.165, 1.54) is 11.1 Å². The Labute approximate surface area is 211 Å². The zero-order chi connectivity index (χ0) is 26.4. The second-order valence-electron chi connectivity index (χ2n) is 10.7.